The molecule has 0 aliphatic carbocycles. The van der Waals surface area contributed by atoms with Crippen LogP contribution in [0, 0.1) is 11.8 Å². The van der Waals surface area contributed by atoms with E-state index in [1.165, 1.54) is 14.2 Å². The van der Waals surface area contributed by atoms with Gasteiger partial charge in [-0.1, -0.05) is 13.8 Å². The third-order valence-electron chi connectivity index (χ3n) is 2.76. The highest BCUT2D eigenvalue weighted by Gasteiger charge is 2.15. The van der Waals surface area contributed by atoms with Gasteiger partial charge in [-0.25, -0.2) is 0 Å². The summed E-state index contributed by atoms with van der Waals surface area (Å²) >= 11 is 0. The Morgan fingerprint density at radius 2 is 1.62 bits per heavy atom. The molecule has 0 fully saturated rings. The Balaban J connectivity index is 3.68. The van der Waals surface area contributed by atoms with Crippen molar-refractivity contribution in [3.05, 3.63) is 0 Å². The maximum atomic E-state index is 11.1. The molecule has 2 atom stereocenters. The van der Waals surface area contributed by atoms with Gasteiger partial charge < -0.3 is 9.47 Å². The summed E-state index contributed by atoms with van der Waals surface area (Å²) in [5.74, 6) is 0.0183. The first kappa shape index (κ1) is 14.9. The van der Waals surface area contributed by atoms with E-state index in [1.54, 1.807) is 0 Å². The van der Waals surface area contributed by atoms with E-state index in [0.29, 0.717) is 12.3 Å². The lowest BCUT2D eigenvalue weighted by Crippen LogP contribution is -2.14. The molecule has 0 aliphatic heterocycles. The van der Waals surface area contributed by atoms with Crippen LogP contribution in [0.25, 0.3) is 0 Å². The van der Waals surface area contributed by atoms with E-state index in [1.807, 2.05) is 6.92 Å². The van der Waals surface area contributed by atoms with E-state index >= 15 is 0 Å². The largest absolute Gasteiger partial charge is 0.469 e. The molecule has 0 aromatic carbocycles. The second-order valence-electron chi connectivity index (χ2n) is 4.22. The summed E-state index contributed by atoms with van der Waals surface area (Å²) in [7, 11) is 2.80. The van der Waals surface area contributed by atoms with Gasteiger partial charge in [0.15, 0.2) is 0 Å². The zero-order valence-electron chi connectivity index (χ0n) is 10.6. The van der Waals surface area contributed by atoms with Gasteiger partial charge in [0.25, 0.3) is 0 Å². The highest BCUT2D eigenvalue weighted by atomic mass is 16.5. The molecule has 94 valence electrons. The molecule has 0 aliphatic rings. The highest BCUT2D eigenvalue weighted by Crippen LogP contribution is 2.17. The van der Waals surface area contributed by atoms with Gasteiger partial charge in [0.05, 0.1) is 20.1 Å². The number of carbonyl (C=O) groups excluding carboxylic acids is 2. The second kappa shape index (κ2) is 8.13. The molecule has 4 heteroatoms. The number of esters is 2. The molecule has 0 heterocycles. The molecule has 16 heavy (non-hydrogen) atoms. The lowest BCUT2D eigenvalue weighted by Gasteiger charge is -2.13. The van der Waals surface area contributed by atoms with Crippen LogP contribution < -0.4 is 0 Å². The van der Waals surface area contributed by atoms with Crippen LogP contribution in [0.4, 0.5) is 0 Å². The van der Waals surface area contributed by atoms with Crippen molar-refractivity contribution in [2.75, 3.05) is 14.2 Å². The Morgan fingerprint density at radius 3 is 2.12 bits per heavy atom. The third kappa shape index (κ3) is 6.43. The molecule has 0 bridgehead atoms. The molecule has 0 saturated heterocycles. The maximum Gasteiger partial charge on any atom is 0.308 e. The van der Waals surface area contributed by atoms with Crippen molar-refractivity contribution < 1.29 is 19.1 Å². The minimum absolute atomic E-state index is 0.0643. The molecular formula is C12H22O4. The summed E-state index contributed by atoms with van der Waals surface area (Å²) in [5.41, 5.74) is 0. The van der Waals surface area contributed by atoms with Gasteiger partial charge in [-0.3, -0.25) is 9.59 Å². The van der Waals surface area contributed by atoms with Crippen LogP contribution in [0.5, 0.6) is 0 Å². The average Bonchev–Trinajstić information content (AvgIpc) is 2.31. The van der Waals surface area contributed by atoms with Crippen LogP contribution >= 0.6 is 0 Å². The zero-order valence-corrected chi connectivity index (χ0v) is 10.6. The Hall–Kier alpha value is -1.06. The fraction of sp³-hybridized carbons (Fsp3) is 0.833. The zero-order chi connectivity index (χ0) is 12.6. The summed E-state index contributed by atoms with van der Waals surface area (Å²) in [5, 5.41) is 0. The van der Waals surface area contributed by atoms with Gasteiger partial charge in [-0.15, -0.1) is 0 Å². The number of rotatable bonds is 7. The van der Waals surface area contributed by atoms with E-state index < -0.39 is 0 Å². The van der Waals surface area contributed by atoms with E-state index in [2.05, 4.69) is 16.4 Å². The van der Waals surface area contributed by atoms with Crippen molar-refractivity contribution in [1.29, 1.82) is 0 Å². The lowest BCUT2D eigenvalue weighted by atomic mass is 9.95. The van der Waals surface area contributed by atoms with Gasteiger partial charge in [0.2, 0.25) is 0 Å². The van der Waals surface area contributed by atoms with E-state index in [4.69, 9.17) is 0 Å². The lowest BCUT2D eigenvalue weighted by molar-refractivity contribution is -0.145. The third-order valence-corrected chi connectivity index (χ3v) is 2.76. The molecule has 2 unspecified atom stereocenters. The summed E-state index contributed by atoms with van der Waals surface area (Å²) in [4.78, 5) is 22.1. The van der Waals surface area contributed by atoms with Gasteiger partial charge in [-0.2, -0.15) is 0 Å². The molecular weight excluding hydrogens is 208 g/mol. The molecule has 0 spiro atoms. The van der Waals surface area contributed by atoms with Crippen LogP contribution in [0.3, 0.4) is 0 Å². The number of hydrogen-bond acceptors (Lipinski definition) is 4. The molecule has 0 aromatic heterocycles. The van der Waals surface area contributed by atoms with E-state index in [0.717, 1.165) is 19.3 Å². The molecule has 4 nitrogen and oxygen atoms in total. The quantitative estimate of drug-likeness (QED) is 0.629. The van der Waals surface area contributed by atoms with Crippen molar-refractivity contribution in [2.24, 2.45) is 11.8 Å². The van der Waals surface area contributed by atoms with Crippen molar-refractivity contribution in [3.8, 4) is 0 Å². The summed E-state index contributed by atoms with van der Waals surface area (Å²) in [6.07, 6.45) is 2.98. The maximum absolute atomic E-state index is 11.1. The fourth-order valence-electron chi connectivity index (χ4n) is 1.46. The predicted octanol–water partition coefficient (Wildman–Crippen LogP) is 2.17. The minimum atomic E-state index is -0.173. The first-order chi connectivity index (χ1) is 7.51. The summed E-state index contributed by atoms with van der Waals surface area (Å²) in [6.45, 7) is 3.94. The average molecular weight is 230 g/mol. The topological polar surface area (TPSA) is 52.6 Å². The first-order valence-electron chi connectivity index (χ1n) is 5.65. The van der Waals surface area contributed by atoms with Crippen molar-refractivity contribution >= 4 is 11.9 Å². The van der Waals surface area contributed by atoms with Gasteiger partial charge in [0, 0.05) is 6.42 Å². The predicted molar refractivity (Wildman–Crippen MR) is 60.8 cm³/mol. The SMILES string of the molecule is COC(=O)CCC(C)CCC(C)C(=O)OC. The van der Waals surface area contributed by atoms with Crippen molar-refractivity contribution in [2.45, 2.75) is 39.5 Å². The molecule has 0 radical (unpaired) electrons. The Morgan fingerprint density at radius 1 is 1.00 bits per heavy atom. The first-order valence-corrected chi connectivity index (χ1v) is 5.65. The smallest absolute Gasteiger partial charge is 0.308 e. The fourth-order valence-corrected chi connectivity index (χ4v) is 1.46. The van der Waals surface area contributed by atoms with Gasteiger partial charge in [0.1, 0.15) is 0 Å². The van der Waals surface area contributed by atoms with Crippen molar-refractivity contribution in [1.82, 2.24) is 0 Å². The Labute approximate surface area is 97.3 Å². The normalized spacial score (nSPS) is 14.0. The Bertz CT molecular complexity index is 225. The number of methoxy groups -OCH3 is 2. The monoisotopic (exact) mass is 230 g/mol. The van der Waals surface area contributed by atoms with Gasteiger partial charge >= 0.3 is 11.9 Å². The molecule has 0 saturated carbocycles. The summed E-state index contributed by atoms with van der Waals surface area (Å²) in [6, 6.07) is 0. The van der Waals surface area contributed by atoms with E-state index in [9.17, 15) is 9.59 Å². The van der Waals surface area contributed by atoms with Crippen LogP contribution in [-0.2, 0) is 19.1 Å². The van der Waals surface area contributed by atoms with Crippen LogP contribution in [0.1, 0.15) is 39.5 Å². The van der Waals surface area contributed by atoms with Gasteiger partial charge in [-0.05, 0) is 25.2 Å². The van der Waals surface area contributed by atoms with Crippen molar-refractivity contribution in [3.63, 3.8) is 0 Å². The molecule has 0 N–H and O–H groups in total. The van der Waals surface area contributed by atoms with E-state index in [-0.39, 0.29) is 17.9 Å². The molecule has 0 amide bonds. The Kier molecular flexibility index (Phi) is 7.60. The molecule has 0 aromatic rings. The highest BCUT2D eigenvalue weighted by molar-refractivity contribution is 5.71. The van der Waals surface area contributed by atoms with Crippen LogP contribution in [0.15, 0.2) is 0 Å². The number of hydrogen-bond donors (Lipinski definition) is 0. The summed E-state index contributed by atoms with van der Waals surface area (Å²) < 4.78 is 9.22. The number of ether oxygens (including phenoxy) is 2. The number of carbonyl (C=O) groups is 2. The molecule has 0 rings (SSSR count). The standard InChI is InChI=1S/C12H22O4/c1-9(6-8-11(13)15-3)5-7-10(2)12(14)16-4/h9-10H,5-8H2,1-4H3. The second-order valence-corrected chi connectivity index (χ2v) is 4.22. The van der Waals surface area contributed by atoms with Crippen LogP contribution in [0.2, 0.25) is 0 Å². The van der Waals surface area contributed by atoms with Crippen LogP contribution in [-0.4, -0.2) is 26.2 Å². The minimum Gasteiger partial charge on any atom is -0.469 e.